The molecule has 4 rings (SSSR count). The Morgan fingerprint density at radius 1 is 0.966 bits per heavy atom. The van der Waals surface area contributed by atoms with E-state index < -0.39 is 15.0 Å². The van der Waals surface area contributed by atoms with Crippen LogP contribution in [0.1, 0.15) is 0 Å². The molecular weight excluding hydrogens is 400 g/mol. The summed E-state index contributed by atoms with van der Waals surface area (Å²) in [5, 5.41) is 29.5. The van der Waals surface area contributed by atoms with Gasteiger partial charge in [-0.05, 0) is 36.4 Å². The second-order valence-electron chi connectivity index (χ2n) is 5.92. The normalized spacial score (nSPS) is 11.4. The number of benzene rings is 3. The minimum absolute atomic E-state index is 0.138. The first-order chi connectivity index (χ1) is 13.8. The highest BCUT2D eigenvalue weighted by atomic mass is 32.2. The lowest BCUT2D eigenvalue weighted by atomic mass is 10.3. The minimum atomic E-state index is -4.24. The van der Waals surface area contributed by atoms with Crippen molar-refractivity contribution in [1.29, 1.82) is 0 Å². The number of aromatic hydroxyl groups is 1. The largest absolute Gasteiger partial charge is 0.505 e. The van der Waals surface area contributed by atoms with E-state index in [0.29, 0.717) is 11.0 Å². The van der Waals surface area contributed by atoms with Gasteiger partial charge in [0, 0.05) is 18.2 Å². The van der Waals surface area contributed by atoms with E-state index in [1.165, 1.54) is 16.9 Å². The fraction of sp³-hybridized carbons (Fsp3) is 0. The summed E-state index contributed by atoms with van der Waals surface area (Å²) in [6.07, 6.45) is 0. The van der Waals surface area contributed by atoms with Gasteiger partial charge in [-0.1, -0.05) is 12.1 Å². The summed E-state index contributed by atoms with van der Waals surface area (Å²) < 4.78 is 29.7. The van der Waals surface area contributed by atoms with Crippen LogP contribution in [-0.4, -0.2) is 33.4 Å². The zero-order chi connectivity index (χ0) is 20.6. The Morgan fingerprint density at radius 2 is 1.59 bits per heavy atom. The van der Waals surface area contributed by atoms with Gasteiger partial charge in [-0.15, -0.1) is 15.0 Å². The molecule has 10 nitrogen and oxygen atoms in total. The topological polar surface area (TPSA) is 137 Å². The zero-order valence-electron chi connectivity index (χ0n) is 14.5. The van der Waals surface area contributed by atoms with Gasteiger partial charge in [0.1, 0.15) is 33.1 Å². The van der Waals surface area contributed by atoms with Crippen molar-refractivity contribution in [2.24, 2.45) is 0 Å². The molecule has 1 N–H and O–H groups in total. The fourth-order valence-corrected chi connectivity index (χ4v) is 3.52. The Morgan fingerprint density at radius 3 is 2.14 bits per heavy atom. The van der Waals surface area contributed by atoms with Gasteiger partial charge in [-0.3, -0.25) is 10.1 Å². The predicted molar refractivity (Wildman–Crippen MR) is 101 cm³/mol. The standard InChI is InChI=1S/C18H12N4O6S/c23-18-11-13(28-29(26,27)14-8-5-12(6-9-14)22(24)25)7-10-17(18)21-19-15-3-1-2-4-16(15)20-21/h1-11,23H. The van der Waals surface area contributed by atoms with E-state index in [1.807, 2.05) is 0 Å². The Hall–Kier alpha value is -3.99. The molecule has 0 spiro atoms. The molecule has 0 aliphatic carbocycles. The number of hydrogen-bond donors (Lipinski definition) is 1. The number of nitro benzene ring substituents is 1. The SMILES string of the molecule is O=[N+]([O-])c1ccc(S(=O)(=O)Oc2ccc(-n3nc4ccccc4n3)c(O)c2)cc1. The second kappa shape index (κ2) is 6.87. The first-order valence-corrected chi connectivity index (χ1v) is 9.59. The maximum absolute atomic E-state index is 12.4. The molecule has 29 heavy (non-hydrogen) atoms. The summed E-state index contributed by atoms with van der Waals surface area (Å²) in [5.74, 6) is -0.428. The Labute approximate surface area is 163 Å². The van der Waals surface area contributed by atoms with Gasteiger partial charge in [-0.25, -0.2) is 0 Å². The second-order valence-corrected chi connectivity index (χ2v) is 7.46. The third-order valence-electron chi connectivity index (χ3n) is 3.99. The van der Waals surface area contributed by atoms with E-state index in [-0.39, 0.29) is 27.8 Å². The fourth-order valence-electron chi connectivity index (χ4n) is 2.60. The number of rotatable bonds is 5. The van der Waals surface area contributed by atoms with E-state index >= 15 is 0 Å². The van der Waals surface area contributed by atoms with E-state index in [0.717, 1.165) is 30.3 Å². The highest BCUT2D eigenvalue weighted by Gasteiger charge is 2.19. The molecule has 0 bridgehead atoms. The van der Waals surface area contributed by atoms with Crippen molar-refractivity contribution < 1.29 is 22.6 Å². The summed E-state index contributed by atoms with van der Waals surface area (Å²) in [5.41, 5.74) is 1.26. The van der Waals surface area contributed by atoms with Gasteiger partial charge in [0.25, 0.3) is 5.69 Å². The minimum Gasteiger partial charge on any atom is -0.505 e. The lowest BCUT2D eigenvalue weighted by Crippen LogP contribution is -2.10. The molecule has 1 heterocycles. The van der Waals surface area contributed by atoms with Crippen molar-refractivity contribution in [3.8, 4) is 17.2 Å². The summed E-state index contributed by atoms with van der Waals surface area (Å²) in [6.45, 7) is 0. The molecule has 0 aliphatic rings. The van der Waals surface area contributed by atoms with Crippen molar-refractivity contribution in [3.05, 3.63) is 76.8 Å². The molecule has 1 aromatic heterocycles. The van der Waals surface area contributed by atoms with Gasteiger partial charge in [-0.2, -0.15) is 8.42 Å². The number of non-ortho nitro benzene ring substituents is 1. The summed E-state index contributed by atoms with van der Waals surface area (Å²) in [7, 11) is -4.24. The van der Waals surface area contributed by atoms with Crippen molar-refractivity contribution in [2.75, 3.05) is 0 Å². The number of phenols is 1. The van der Waals surface area contributed by atoms with Crippen LogP contribution >= 0.6 is 0 Å². The number of nitrogens with zero attached hydrogens (tertiary/aromatic N) is 4. The van der Waals surface area contributed by atoms with E-state index in [1.54, 1.807) is 24.3 Å². The number of fused-ring (bicyclic) bond motifs is 1. The average molecular weight is 412 g/mol. The molecule has 0 atom stereocenters. The third kappa shape index (κ3) is 3.58. The van der Waals surface area contributed by atoms with Crippen LogP contribution in [0.25, 0.3) is 16.7 Å². The molecule has 0 saturated carbocycles. The van der Waals surface area contributed by atoms with Crippen molar-refractivity contribution in [3.63, 3.8) is 0 Å². The van der Waals surface area contributed by atoms with Gasteiger partial charge in [0.15, 0.2) is 0 Å². The van der Waals surface area contributed by atoms with Crippen LogP contribution in [-0.2, 0) is 10.1 Å². The van der Waals surface area contributed by atoms with Gasteiger partial charge >= 0.3 is 10.1 Å². The van der Waals surface area contributed by atoms with Crippen LogP contribution in [0.5, 0.6) is 11.5 Å². The number of aromatic nitrogens is 3. The van der Waals surface area contributed by atoms with E-state index in [4.69, 9.17) is 4.18 Å². The Kier molecular flexibility index (Phi) is 4.35. The Balaban J connectivity index is 1.61. The van der Waals surface area contributed by atoms with Crippen LogP contribution in [0.2, 0.25) is 0 Å². The Bertz CT molecular complexity index is 1300. The first kappa shape index (κ1) is 18.4. The maximum atomic E-state index is 12.4. The number of hydrogen-bond acceptors (Lipinski definition) is 8. The van der Waals surface area contributed by atoms with Crippen molar-refractivity contribution in [1.82, 2.24) is 15.0 Å². The number of nitro groups is 1. The first-order valence-electron chi connectivity index (χ1n) is 8.18. The molecule has 0 saturated heterocycles. The van der Waals surface area contributed by atoms with Gasteiger partial charge in [0.2, 0.25) is 0 Å². The van der Waals surface area contributed by atoms with Crippen LogP contribution < -0.4 is 4.18 Å². The quantitative estimate of drug-likeness (QED) is 0.300. The van der Waals surface area contributed by atoms with Crippen LogP contribution in [0.15, 0.2) is 71.6 Å². The highest BCUT2D eigenvalue weighted by Crippen LogP contribution is 2.29. The molecule has 4 aromatic rings. The molecule has 0 radical (unpaired) electrons. The molecule has 3 aromatic carbocycles. The molecule has 0 fully saturated rings. The van der Waals surface area contributed by atoms with E-state index in [2.05, 4.69) is 10.2 Å². The van der Waals surface area contributed by atoms with Crippen LogP contribution in [0.4, 0.5) is 5.69 Å². The summed E-state index contributed by atoms with van der Waals surface area (Å²) in [6, 6.07) is 15.3. The van der Waals surface area contributed by atoms with Crippen LogP contribution in [0, 0.1) is 10.1 Å². The predicted octanol–water partition coefficient (Wildman–Crippen LogP) is 2.80. The van der Waals surface area contributed by atoms with E-state index in [9.17, 15) is 23.6 Å². The average Bonchev–Trinajstić information content (AvgIpc) is 3.11. The monoisotopic (exact) mass is 412 g/mol. The van der Waals surface area contributed by atoms with Gasteiger partial charge in [0.05, 0.1) is 4.92 Å². The molecule has 0 amide bonds. The molecule has 11 heteroatoms. The third-order valence-corrected chi connectivity index (χ3v) is 5.25. The smallest absolute Gasteiger partial charge is 0.339 e. The lowest BCUT2D eigenvalue weighted by Gasteiger charge is -2.09. The zero-order valence-corrected chi connectivity index (χ0v) is 15.4. The molecule has 0 aliphatic heterocycles. The molecule has 0 unspecified atom stereocenters. The van der Waals surface area contributed by atoms with Crippen molar-refractivity contribution in [2.45, 2.75) is 4.90 Å². The highest BCUT2D eigenvalue weighted by molar-refractivity contribution is 7.87. The molecular formula is C18H12N4O6S. The summed E-state index contributed by atoms with van der Waals surface area (Å²) >= 11 is 0. The van der Waals surface area contributed by atoms with Crippen LogP contribution in [0.3, 0.4) is 0 Å². The van der Waals surface area contributed by atoms with Crippen molar-refractivity contribution >= 4 is 26.8 Å². The molecule has 146 valence electrons. The lowest BCUT2D eigenvalue weighted by molar-refractivity contribution is -0.384. The van der Waals surface area contributed by atoms with Gasteiger partial charge < -0.3 is 9.29 Å². The summed E-state index contributed by atoms with van der Waals surface area (Å²) in [4.78, 5) is 11.0. The number of phenolic OH excluding ortho intramolecular Hbond substituents is 1. The maximum Gasteiger partial charge on any atom is 0.339 e.